The standard InChI is InChI=1S/C12H24N2/c1-5-7-8-11(6-2)12-13(3)9-10-14(12)4/h9-12H,5-8H2,1-4H3. The van der Waals surface area contributed by atoms with E-state index in [2.05, 4.69) is 50.1 Å². The van der Waals surface area contributed by atoms with Gasteiger partial charge in [-0.25, -0.2) is 0 Å². The summed E-state index contributed by atoms with van der Waals surface area (Å²) in [5, 5.41) is 0. The zero-order chi connectivity index (χ0) is 10.6. The maximum atomic E-state index is 2.34. The van der Waals surface area contributed by atoms with E-state index in [1.165, 1.54) is 25.7 Å². The lowest BCUT2D eigenvalue weighted by Crippen LogP contribution is -2.40. The molecule has 2 nitrogen and oxygen atoms in total. The Hall–Kier alpha value is -0.660. The molecule has 0 aromatic heterocycles. The molecule has 1 aliphatic heterocycles. The molecule has 0 amide bonds. The molecule has 0 bridgehead atoms. The van der Waals surface area contributed by atoms with Gasteiger partial charge in [0.1, 0.15) is 6.17 Å². The van der Waals surface area contributed by atoms with Crippen LogP contribution in [0.2, 0.25) is 0 Å². The van der Waals surface area contributed by atoms with E-state index in [-0.39, 0.29) is 0 Å². The van der Waals surface area contributed by atoms with Crippen molar-refractivity contribution in [2.24, 2.45) is 5.92 Å². The number of hydrogen-bond acceptors (Lipinski definition) is 2. The quantitative estimate of drug-likeness (QED) is 0.667. The molecule has 14 heavy (non-hydrogen) atoms. The molecule has 1 aliphatic rings. The molecule has 0 saturated carbocycles. The van der Waals surface area contributed by atoms with Gasteiger partial charge in [0.25, 0.3) is 0 Å². The predicted molar refractivity (Wildman–Crippen MR) is 61.8 cm³/mol. The molecule has 2 heteroatoms. The zero-order valence-electron chi connectivity index (χ0n) is 10.0. The Morgan fingerprint density at radius 2 is 1.71 bits per heavy atom. The summed E-state index contributed by atoms with van der Waals surface area (Å²) in [6, 6.07) is 0. The van der Waals surface area contributed by atoms with Crippen molar-refractivity contribution in [2.75, 3.05) is 14.1 Å². The molecule has 1 rings (SSSR count). The van der Waals surface area contributed by atoms with Crippen LogP contribution < -0.4 is 0 Å². The van der Waals surface area contributed by atoms with Gasteiger partial charge in [-0.1, -0.05) is 26.7 Å². The van der Waals surface area contributed by atoms with Crippen molar-refractivity contribution < 1.29 is 0 Å². The van der Waals surface area contributed by atoms with Gasteiger partial charge in [0, 0.05) is 26.5 Å². The van der Waals surface area contributed by atoms with E-state index in [1.807, 2.05) is 0 Å². The molecular weight excluding hydrogens is 172 g/mol. The summed E-state index contributed by atoms with van der Waals surface area (Å²) in [5.74, 6) is 0.806. The lowest BCUT2D eigenvalue weighted by atomic mass is 9.95. The fourth-order valence-electron chi connectivity index (χ4n) is 2.37. The first kappa shape index (κ1) is 11.4. The highest BCUT2D eigenvalue weighted by atomic mass is 15.4. The van der Waals surface area contributed by atoms with Crippen molar-refractivity contribution in [3.05, 3.63) is 12.4 Å². The van der Waals surface area contributed by atoms with Gasteiger partial charge in [-0.2, -0.15) is 0 Å². The second-order valence-corrected chi connectivity index (χ2v) is 4.35. The first-order valence-electron chi connectivity index (χ1n) is 5.82. The van der Waals surface area contributed by atoms with Crippen LogP contribution in [0.3, 0.4) is 0 Å². The highest BCUT2D eigenvalue weighted by Crippen LogP contribution is 2.26. The van der Waals surface area contributed by atoms with E-state index in [9.17, 15) is 0 Å². The average molecular weight is 196 g/mol. The first-order valence-corrected chi connectivity index (χ1v) is 5.82. The Balaban J connectivity index is 2.51. The van der Waals surface area contributed by atoms with Gasteiger partial charge in [0.15, 0.2) is 0 Å². The van der Waals surface area contributed by atoms with Gasteiger partial charge in [0.05, 0.1) is 0 Å². The molecule has 82 valence electrons. The van der Waals surface area contributed by atoms with Crippen LogP contribution in [-0.2, 0) is 0 Å². The van der Waals surface area contributed by atoms with Gasteiger partial charge in [-0.05, 0) is 18.8 Å². The van der Waals surface area contributed by atoms with E-state index in [1.54, 1.807) is 0 Å². The van der Waals surface area contributed by atoms with E-state index in [0.29, 0.717) is 6.17 Å². The molecule has 1 unspecified atom stereocenters. The third kappa shape index (κ3) is 2.43. The highest BCUT2D eigenvalue weighted by molar-refractivity contribution is 4.96. The monoisotopic (exact) mass is 196 g/mol. The van der Waals surface area contributed by atoms with E-state index >= 15 is 0 Å². The number of rotatable bonds is 5. The van der Waals surface area contributed by atoms with Crippen LogP contribution >= 0.6 is 0 Å². The van der Waals surface area contributed by atoms with Crippen LogP contribution in [-0.4, -0.2) is 30.1 Å². The molecule has 0 aliphatic carbocycles. The Morgan fingerprint density at radius 3 is 2.14 bits per heavy atom. The van der Waals surface area contributed by atoms with Gasteiger partial charge in [-0.3, -0.25) is 0 Å². The maximum Gasteiger partial charge on any atom is 0.103 e. The molecule has 0 aromatic carbocycles. The second kappa shape index (κ2) is 5.28. The fourth-order valence-corrected chi connectivity index (χ4v) is 2.37. The number of hydrogen-bond donors (Lipinski definition) is 0. The summed E-state index contributed by atoms with van der Waals surface area (Å²) in [5.41, 5.74) is 0. The van der Waals surface area contributed by atoms with Crippen LogP contribution in [0.1, 0.15) is 39.5 Å². The third-order valence-electron chi connectivity index (χ3n) is 3.25. The topological polar surface area (TPSA) is 6.48 Å². The van der Waals surface area contributed by atoms with Crippen molar-refractivity contribution in [3.8, 4) is 0 Å². The highest BCUT2D eigenvalue weighted by Gasteiger charge is 2.27. The number of nitrogens with zero attached hydrogens (tertiary/aromatic N) is 2. The molecule has 0 spiro atoms. The van der Waals surface area contributed by atoms with Crippen molar-refractivity contribution in [2.45, 2.75) is 45.7 Å². The molecule has 0 radical (unpaired) electrons. The van der Waals surface area contributed by atoms with Crippen LogP contribution in [0.4, 0.5) is 0 Å². The van der Waals surface area contributed by atoms with Crippen LogP contribution in [0.25, 0.3) is 0 Å². The minimum absolute atomic E-state index is 0.589. The summed E-state index contributed by atoms with van der Waals surface area (Å²) < 4.78 is 0. The lowest BCUT2D eigenvalue weighted by molar-refractivity contribution is 0.120. The molecular formula is C12H24N2. The minimum Gasteiger partial charge on any atom is -0.359 e. The summed E-state index contributed by atoms with van der Waals surface area (Å²) in [4.78, 5) is 4.67. The SMILES string of the molecule is CCCCC(CC)C1N(C)C=CN1C. The molecule has 0 aromatic rings. The summed E-state index contributed by atoms with van der Waals surface area (Å²) in [7, 11) is 4.36. The van der Waals surface area contributed by atoms with Crippen molar-refractivity contribution in [3.63, 3.8) is 0 Å². The zero-order valence-corrected chi connectivity index (χ0v) is 10.0. The van der Waals surface area contributed by atoms with Gasteiger partial charge in [-0.15, -0.1) is 0 Å². The van der Waals surface area contributed by atoms with Crippen molar-refractivity contribution in [1.82, 2.24) is 9.80 Å². The second-order valence-electron chi connectivity index (χ2n) is 4.35. The van der Waals surface area contributed by atoms with E-state index in [0.717, 1.165) is 5.92 Å². The van der Waals surface area contributed by atoms with Crippen LogP contribution in [0, 0.1) is 5.92 Å². The summed E-state index contributed by atoms with van der Waals surface area (Å²) in [6.45, 7) is 4.58. The Kier molecular flexibility index (Phi) is 4.30. The predicted octanol–water partition coefficient (Wildman–Crippen LogP) is 2.88. The Morgan fingerprint density at radius 1 is 1.14 bits per heavy atom. The fraction of sp³-hybridized carbons (Fsp3) is 0.833. The van der Waals surface area contributed by atoms with Gasteiger partial charge >= 0.3 is 0 Å². The molecule has 0 fully saturated rings. The lowest BCUT2D eigenvalue weighted by Gasteiger charge is -2.34. The van der Waals surface area contributed by atoms with Gasteiger partial charge in [0.2, 0.25) is 0 Å². The summed E-state index contributed by atoms with van der Waals surface area (Å²) >= 11 is 0. The third-order valence-corrected chi connectivity index (χ3v) is 3.25. The molecule has 1 heterocycles. The van der Waals surface area contributed by atoms with Crippen LogP contribution in [0.15, 0.2) is 12.4 Å². The largest absolute Gasteiger partial charge is 0.359 e. The van der Waals surface area contributed by atoms with Crippen molar-refractivity contribution in [1.29, 1.82) is 0 Å². The van der Waals surface area contributed by atoms with Crippen LogP contribution in [0.5, 0.6) is 0 Å². The number of unbranched alkanes of at least 4 members (excludes halogenated alkanes) is 1. The smallest absolute Gasteiger partial charge is 0.103 e. The van der Waals surface area contributed by atoms with Gasteiger partial charge < -0.3 is 9.80 Å². The Labute approximate surface area is 88.6 Å². The Bertz CT molecular complexity index is 177. The normalized spacial score (nSPS) is 19.4. The average Bonchev–Trinajstić information content (AvgIpc) is 2.50. The van der Waals surface area contributed by atoms with Crippen molar-refractivity contribution >= 4 is 0 Å². The molecule has 0 N–H and O–H groups in total. The summed E-state index contributed by atoms with van der Waals surface area (Å²) in [6.07, 6.45) is 10.3. The maximum absolute atomic E-state index is 2.34. The van der Waals surface area contributed by atoms with E-state index in [4.69, 9.17) is 0 Å². The minimum atomic E-state index is 0.589. The van der Waals surface area contributed by atoms with E-state index < -0.39 is 0 Å². The molecule has 1 atom stereocenters. The first-order chi connectivity index (χ1) is 6.70. The molecule has 0 saturated heterocycles.